The van der Waals surface area contributed by atoms with Crippen LogP contribution < -0.4 is 10.1 Å². The molecule has 0 heterocycles. The fourth-order valence-electron chi connectivity index (χ4n) is 2.19. The van der Waals surface area contributed by atoms with Crippen LogP contribution in [0.15, 0.2) is 24.3 Å². The zero-order chi connectivity index (χ0) is 14.0. The Morgan fingerprint density at radius 3 is 2.32 bits per heavy atom. The normalized spacial score (nSPS) is 26.9. The number of halogens is 3. The minimum absolute atomic E-state index is 0.0766. The lowest BCUT2D eigenvalue weighted by atomic mass is 9.85. The largest absolute Gasteiger partial charge is 0.488 e. The first kappa shape index (κ1) is 14.1. The van der Waals surface area contributed by atoms with Crippen LogP contribution in [0.2, 0.25) is 0 Å². The lowest BCUT2D eigenvalue weighted by Gasteiger charge is -2.42. The average Bonchev–Trinajstić information content (AvgIpc) is 2.34. The fourth-order valence-corrected chi connectivity index (χ4v) is 2.19. The smallest absolute Gasteiger partial charge is 0.416 e. The monoisotopic (exact) mass is 275 g/mol. The van der Waals surface area contributed by atoms with Gasteiger partial charge in [-0.2, -0.15) is 13.2 Å². The number of nitrogens with one attached hydrogen (secondary N) is 1. The number of hydrogen-bond donors (Lipinski definition) is 1. The van der Waals surface area contributed by atoms with E-state index in [-0.39, 0.29) is 18.2 Å². The van der Waals surface area contributed by atoms with Crippen molar-refractivity contribution >= 4 is 0 Å². The third-order valence-corrected chi connectivity index (χ3v) is 3.36. The van der Waals surface area contributed by atoms with Gasteiger partial charge in [-0.1, -0.05) is 0 Å². The lowest BCUT2D eigenvalue weighted by molar-refractivity contribution is -0.137. The molecule has 6 heteroatoms. The van der Waals surface area contributed by atoms with E-state index in [1.165, 1.54) is 12.1 Å². The molecule has 1 aliphatic carbocycles. The van der Waals surface area contributed by atoms with Crippen LogP contribution in [-0.4, -0.2) is 32.4 Å². The summed E-state index contributed by atoms with van der Waals surface area (Å²) in [6.45, 7) is 0. The molecule has 1 fully saturated rings. The Morgan fingerprint density at radius 1 is 1.21 bits per heavy atom. The predicted molar refractivity (Wildman–Crippen MR) is 64.1 cm³/mol. The molecule has 19 heavy (non-hydrogen) atoms. The molecule has 2 rings (SSSR count). The number of benzene rings is 1. The number of ether oxygens (including phenoxy) is 2. The topological polar surface area (TPSA) is 30.5 Å². The molecule has 1 aliphatic rings. The zero-order valence-electron chi connectivity index (χ0n) is 10.7. The summed E-state index contributed by atoms with van der Waals surface area (Å²) < 4.78 is 48.1. The third-order valence-electron chi connectivity index (χ3n) is 3.36. The van der Waals surface area contributed by atoms with E-state index in [1.54, 1.807) is 7.11 Å². The van der Waals surface area contributed by atoms with Crippen molar-refractivity contribution in [3.05, 3.63) is 29.8 Å². The number of methoxy groups -OCH3 is 1. The molecule has 0 radical (unpaired) electrons. The molecular weight excluding hydrogens is 259 g/mol. The van der Waals surface area contributed by atoms with Crippen LogP contribution in [0.5, 0.6) is 5.75 Å². The highest BCUT2D eigenvalue weighted by molar-refractivity contribution is 5.29. The second-order valence-electron chi connectivity index (χ2n) is 4.51. The first-order valence-corrected chi connectivity index (χ1v) is 5.99. The molecule has 1 aromatic rings. The zero-order valence-corrected chi connectivity index (χ0v) is 10.7. The average molecular weight is 275 g/mol. The molecular formula is C13H16F3NO2. The molecule has 1 N–H and O–H groups in total. The third kappa shape index (κ3) is 3.01. The highest BCUT2D eigenvalue weighted by Crippen LogP contribution is 2.32. The Kier molecular flexibility index (Phi) is 4.01. The predicted octanol–water partition coefficient (Wildman–Crippen LogP) is 2.46. The van der Waals surface area contributed by atoms with E-state index in [9.17, 15) is 13.2 Å². The molecule has 0 aromatic heterocycles. The summed E-state index contributed by atoms with van der Waals surface area (Å²) in [6, 6.07) is 4.94. The van der Waals surface area contributed by atoms with Gasteiger partial charge in [-0.25, -0.2) is 0 Å². The van der Waals surface area contributed by atoms with Gasteiger partial charge in [-0.3, -0.25) is 0 Å². The summed E-state index contributed by atoms with van der Waals surface area (Å²) in [5, 5.41) is 3.09. The van der Waals surface area contributed by atoms with Crippen molar-refractivity contribution in [2.45, 2.75) is 30.8 Å². The SMILES string of the molecule is CNC1CC(Oc2ccc(C(F)(F)F)cc2)C1OC. The van der Waals surface area contributed by atoms with E-state index in [1.807, 2.05) is 7.05 Å². The highest BCUT2D eigenvalue weighted by atomic mass is 19.4. The molecule has 0 spiro atoms. The van der Waals surface area contributed by atoms with Crippen molar-refractivity contribution in [1.82, 2.24) is 5.32 Å². The van der Waals surface area contributed by atoms with E-state index in [4.69, 9.17) is 9.47 Å². The maximum atomic E-state index is 12.4. The van der Waals surface area contributed by atoms with Gasteiger partial charge in [-0.15, -0.1) is 0 Å². The van der Waals surface area contributed by atoms with Crippen LogP contribution in [0.25, 0.3) is 0 Å². The van der Waals surface area contributed by atoms with E-state index in [2.05, 4.69) is 5.32 Å². The van der Waals surface area contributed by atoms with Gasteiger partial charge in [0.1, 0.15) is 18.0 Å². The number of likely N-dealkylation sites (N-methyl/N-ethyl adjacent to an activating group) is 1. The van der Waals surface area contributed by atoms with Gasteiger partial charge in [-0.05, 0) is 31.3 Å². The Labute approximate surface area is 109 Å². The molecule has 0 aliphatic heterocycles. The van der Waals surface area contributed by atoms with E-state index < -0.39 is 11.7 Å². The molecule has 3 atom stereocenters. The van der Waals surface area contributed by atoms with Crippen LogP contribution in [0.3, 0.4) is 0 Å². The fraction of sp³-hybridized carbons (Fsp3) is 0.538. The molecule has 0 saturated heterocycles. The number of hydrogen-bond acceptors (Lipinski definition) is 3. The second-order valence-corrected chi connectivity index (χ2v) is 4.51. The minimum Gasteiger partial charge on any atom is -0.488 e. The van der Waals surface area contributed by atoms with E-state index in [0.717, 1.165) is 18.6 Å². The quantitative estimate of drug-likeness (QED) is 0.915. The van der Waals surface area contributed by atoms with Crippen LogP contribution in [0.1, 0.15) is 12.0 Å². The molecule has 106 valence electrons. The summed E-state index contributed by atoms with van der Waals surface area (Å²) in [4.78, 5) is 0. The van der Waals surface area contributed by atoms with Gasteiger partial charge in [0.2, 0.25) is 0 Å². The first-order valence-electron chi connectivity index (χ1n) is 5.99. The van der Waals surface area contributed by atoms with Crippen molar-refractivity contribution in [2.24, 2.45) is 0 Å². The summed E-state index contributed by atoms with van der Waals surface area (Å²) >= 11 is 0. The van der Waals surface area contributed by atoms with Crippen molar-refractivity contribution < 1.29 is 22.6 Å². The van der Waals surface area contributed by atoms with Crippen molar-refractivity contribution in [3.8, 4) is 5.75 Å². The highest BCUT2D eigenvalue weighted by Gasteiger charge is 2.42. The van der Waals surface area contributed by atoms with Crippen LogP contribution in [0.4, 0.5) is 13.2 Å². The first-order chi connectivity index (χ1) is 8.95. The van der Waals surface area contributed by atoms with E-state index in [0.29, 0.717) is 5.75 Å². The Hall–Kier alpha value is -1.27. The maximum Gasteiger partial charge on any atom is 0.416 e. The van der Waals surface area contributed by atoms with Crippen LogP contribution in [0, 0.1) is 0 Å². The van der Waals surface area contributed by atoms with Crippen LogP contribution >= 0.6 is 0 Å². The Bertz CT molecular complexity index is 419. The number of alkyl halides is 3. The van der Waals surface area contributed by atoms with Crippen molar-refractivity contribution in [2.75, 3.05) is 14.2 Å². The lowest BCUT2D eigenvalue weighted by Crippen LogP contribution is -2.60. The van der Waals surface area contributed by atoms with Gasteiger partial charge in [0.05, 0.1) is 5.56 Å². The number of rotatable bonds is 4. The Balaban J connectivity index is 1.97. The summed E-state index contributed by atoms with van der Waals surface area (Å²) in [6.07, 6.45) is -3.75. The summed E-state index contributed by atoms with van der Waals surface area (Å²) in [5.41, 5.74) is -0.676. The van der Waals surface area contributed by atoms with Gasteiger partial charge in [0, 0.05) is 19.6 Å². The summed E-state index contributed by atoms with van der Waals surface area (Å²) in [7, 11) is 3.43. The molecule has 0 bridgehead atoms. The second kappa shape index (κ2) is 5.38. The Morgan fingerprint density at radius 2 is 1.84 bits per heavy atom. The molecule has 1 aromatic carbocycles. The minimum atomic E-state index is -4.32. The molecule has 3 unspecified atom stereocenters. The molecule has 3 nitrogen and oxygen atoms in total. The van der Waals surface area contributed by atoms with Gasteiger partial charge < -0.3 is 14.8 Å². The van der Waals surface area contributed by atoms with Crippen LogP contribution in [-0.2, 0) is 10.9 Å². The van der Waals surface area contributed by atoms with Gasteiger partial charge in [0.15, 0.2) is 0 Å². The molecule has 0 amide bonds. The van der Waals surface area contributed by atoms with Gasteiger partial charge in [0.25, 0.3) is 0 Å². The maximum absolute atomic E-state index is 12.4. The van der Waals surface area contributed by atoms with E-state index >= 15 is 0 Å². The van der Waals surface area contributed by atoms with Crippen molar-refractivity contribution in [3.63, 3.8) is 0 Å². The van der Waals surface area contributed by atoms with Crippen molar-refractivity contribution in [1.29, 1.82) is 0 Å². The summed E-state index contributed by atoms with van der Waals surface area (Å²) in [5.74, 6) is 0.426. The van der Waals surface area contributed by atoms with Gasteiger partial charge >= 0.3 is 6.18 Å². The standard InChI is InChI=1S/C13H16F3NO2/c1-17-10-7-11(12(10)18-2)19-9-5-3-8(4-6-9)13(14,15)16/h3-6,10-12,17H,7H2,1-2H3. The molecule has 1 saturated carbocycles.